The molecule has 90 valence electrons. The Kier molecular flexibility index (Phi) is 3.87. The number of hydrogen-bond donors (Lipinski definition) is 0. The molecular weight excluding hydrogens is 216 g/mol. The van der Waals surface area contributed by atoms with Crippen LogP contribution in [0.15, 0.2) is 0 Å². The largest absolute Gasteiger partial charge is 0.459 e. The molecule has 0 aliphatic carbocycles. The van der Waals surface area contributed by atoms with Crippen LogP contribution >= 0.6 is 0 Å². The van der Waals surface area contributed by atoms with E-state index in [-0.39, 0.29) is 6.42 Å². The number of carbonyl (C=O) groups is 3. The third kappa shape index (κ3) is 3.22. The van der Waals surface area contributed by atoms with E-state index < -0.39 is 36.2 Å². The minimum Gasteiger partial charge on any atom is -0.459 e. The summed E-state index contributed by atoms with van der Waals surface area (Å²) >= 11 is 0. The molecule has 0 unspecified atom stereocenters. The van der Waals surface area contributed by atoms with Gasteiger partial charge in [0, 0.05) is 13.8 Å². The fourth-order valence-electron chi connectivity index (χ4n) is 1.61. The number of esters is 3. The van der Waals surface area contributed by atoms with Crippen LogP contribution in [-0.4, -0.2) is 36.2 Å². The highest BCUT2D eigenvalue weighted by Gasteiger charge is 2.42. The Morgan fingerprint density at radius 1 is 1.38 bits per heavy atom. The molecule has 0 bridgehead atoms. The number of hydrogen-bond acceptors (Lipinski definition) is 6. The molecule has 6 nitrogen and oxygen atoms in total. The predicted octanol–water partition coefficient (Wildman–Crippen LogP) is 0.185. The minimum atomic E-state index is -0.722. The van der Waals surface area contributed by atoms with Crippen molar-refractivity contribution in [3.63, 3.8) is 0 Å². The van der Waals surface area contributed by atoms with Gasteiger partial charge < -0.3 is 14.2 Å². The number of ether oxygens (including phenoxy) is 3. The van der Waals surface area contributed by atoms with Gasteiger partial charge in [-0.15, -0.1) is 0 Å². The number of cyclic esters (lactones) is 1. The molecule has 1 heterocycles. The van der Waals surface area contributed by atoms with E-state index in [1.807, 2.05) is 0 Å². The topological polar surface area (TPSA) is 78.9 Å². The third-order valence-electron chi connectivity index (χ3n) is 2.13. The van der Waals surface area contributed by atoms with Crippen molar-refractivity contribution in [3.8, 4) is 0 Å². The molecule has 0 aromatic carbocycles. The van der Waals surface area contributed by atoms with Crippen LogP contribution in [0.2, 0.25) is 0 Å². The molecule has 16 heavy (non-hydrogen) atoms. The lowest BCUT2D eigenvalue weighted by molar-refractivity contribution is -0.166. The van der Waals surface area contributed by atoms with Crippen molar-refractivity contribution in [2.24, 2.45) is 0 Å². The summed E-state index contributed by atoms with van der Waals surface area (Å²) in [7, 11) is 0. The van der Waals surface area contributed by atoms with E-state index in [0.717, 1.165) is 0 Å². The summed E-state index contributed by atoms with van der Waals surface area (Å²) in [5, 5.41) is 0. The van der Waals surface area contributed by atoms with Gasteiger partial charge in [0.2, 0.25) is 0 Å². The Labute approximate surface area is 92.8 Å². The first kappa shape index (κ1) is 12.5. The second-order valence-electron chi connectivity index (χ2n) is 3.62. The van der Waals surface area contributed by atoms with Crippen molar-refractivity contribution in [1.29, 1.82) is 0 Å². The maximum atomic E-state index is 11.1. The monoisotopic (exact) mass is 230 g/mol. The van der Waals surface area contributed by atoms with E-state index in [2.05, 4.69) is 0 Å². The fourth-order valence-corrected chi connectivity index (χ4v) is 1.61. The van der Waals surface area contributed by atoms with Crippen LogP contribution in [0.5, 0.6) is 0 Å². The number of rotatable bonds is 3. The van der Waals surface area contributed by atoms with Crippen molar-refractivity contribution in [3.05, 3.63) is 0 Å². The third-order valence-corrected chi connectivity index (χ3v) is 2.13. The zero-order valence-electron chi connectivity index (χ0n) is 9.39. The van der Waals surface area contributed by atoms with Gasteiger partial charge in [0.25, 0.3) is 0 Å². The van der Waals surface area contributed by atoms with E-state index in [1.165, 1.54) is 13.8 Å². The first-order valence-corrected chi connectivity index (χ1v) is 4.94. The molecule has 0 spiro atoms. The molecule has 3 atom stereocenters. The van der Waals surface area contributed by atoms with Crippen molar-refractivity contribution in [1.82, 2.24) is 0 Å². The van der Waals surface area contributed by atoms with Crippen LogP contribution in [0.1, 0.15) is 27.2 Å². The lowest BCUT2D eigenvalue weighted by Gasteiger charge is -2.22. The Bertz CT molecular complexity index is 310. The molecule has 1 aliphatic rings. The highest BCUT2D eigenvalue weighted by Crippen LogP contribution is 2.23. The number of carbonyl (C=O) groups excluding carboxylic acids is 3. The summed E-state index contributed by atoms with van der Waals surface area (Å²) in [6.45, 7) is 4.09. The normalized spacial score (nSPS) is 25.8. The summed E-state index contributed by atoms with van der Waals surface area (Å²) in [5.41, 5.74) is 0. The van der Waals surface area contributed by atoms with Gasteiger partial charge in [-0.2, -0.15) is 0 Å². The quantitative estimate of drug-likeness (QED) is 0.508. The second kappa shape index (κ2) is 4.96. The Hall–Kier alpha value is -1.59. The molecule has 0 saturated carbocycles. The van der Waals surface area contributed by atoms with Gasteiger partial charge in [-0.25, -0.2) is 0 Å². The maximum Gasteiger partial charge on any atom is 0.310 e. The highest BCUT2D eigenvalue weighted by atomic mass is 16.6. The Balaban J connectivity index is 2.64. The van der Waals surface area contributed by atoms with Gasteiger partial charge >= 0.3 is 17.9 Å². The predicted molar refractivity (Wildman–Crippen MR) is 51.3 cm³/mol. The molecule has 1 aliphatic heterocycles. The Morgan fingerprint density at radius 2 is 2.00 bits per heavy atom. The molecule has 6 heteroatoms. The summed E-state index contributed by atoms with van der Waals surface area (Å²) in [4.78, 5) is 32.6. The first-order chi connectivity index (χ1) is 7.40. The fraction of sp³-hybridized carbons (Fsp3) is 0.700. The van der Waals surface area contributed by atoms with E-state index in [4.69, 9.17) is 14.2 Å². The van der Waals surface area contributed by atoms with Gasteiger partial charge in [-0.3, -0.25) is 14.4 Å². The summed E-state index contributed by atoms with van der Waals surface area (Å²) in [6.07, 6.45) is -2.04. The molecule has 0 radical (unpaired) electrons. The van der Waals surface area contributed by atoms with Gasteiger partial charge in [0.05, 0.1) is 6.42 Å². The molecular formula is C10H14O6. The minimum absolute atomic E-state index is 0.00412. The second-order valence-corrected chi connectivity index (χ2v) is 3.62. The van der Waals surface area contributed by atoms with Crippen molar-refractivity contribution >= 4 is 17.9 Å². The van der Waals surface area contributed by atoms with Crippen LogP contribution in [0, 0.1) is 0 Å². The van der Waals surface area contributed by atoms with Crippen LogP contribution in [-0.2, 0) is 28.6 Å². The zero-order chi connectivity index (χ0) is 12.3. The lowest BCUT2D eigenvalue weighted by atomic mass is 10.1. The average molecular weight is 230 g/mol. The van der Waals surface area contributed by atoms with Crippen LogP contribution in [0.3, 0.4) is 0 Å². The van der Waals surface area contributed by atoms with Gasteiger partial charge in [-0.1, -0.05) is 0 Å². The molecule has 1 rings (SSSR count). The van der Waals surface area contributed by atoms with E-state index in [9.17, 15) is 14.4 Å². The smallest absolute Gasteiger partial charge is 0.310 e. The van der Waals surface area contributed by atoms with Gasteiger partial charge in [0.1, 0.15) is 6.10 Å². The standard InChI is InChI=1S/C10H14O6/c1-5(14-6(2)11)10-8(15-7(3)12)4-9(13)16-10/h5,8,10H,4H2,1-3H3/t5-,8+,10+/m1/s1. The SMILES string of the molecule is CC(=O)O[C@H]1CC(=O)O[C@H]1[C@@H](C)OC(C)=O. The van der Waals surface area contributed by atoms with Crippen molar-refractivity contribution in [2.45, 2.75) is 45.5 Å². The van der Waals surface area contributed by atoms with E-state index >= 15 is 0 Å². The van der Waals surface area contributed by atoms with Crippen molar-refractivity contribution in [2.75, 3.05) is 0 Å². The zero-order valence-corrected chi connectivity index (χ0v) is 9.39. The van der Waals surface area contributed by atoms with Crippen LogP contribution in [0.4, 0.5) is 0 Å². The average Bonchev–Trinajstić information content (AvgIpc) is 2.44. The molecule has 1 saturated heterocycles. The lowest BCUT2D eigenvalue weighted by Crippen LogP contribution is -2.37. The molecule has 1 fully saturated rings. The first-order valence-electron chi connectivity index (χ1n) is 4.94. The maximum absolute atomic E-state index is 11.1. The highest BCUT2D eigenvalue weighted by molar-refractivity contribution is 5.74. The molecule has 0 aromatic rings. The summed E-state index contributed by atoms with van der Waals surface area (Å²) in [6, 6.07) is 0. The Morgan fingerprint density at radius 3 is 2.50 bits per heavy atom. The van der Waals surface area contributed by atoms with Crippen LogP contribution < -0.4 is 0 Å². The molecule has 0 N–H and O–H groups in total. The van der Waals surface area contributed by atoms with Gasteiger partial charge in [-0.05, 0) is 6.92 Å². The van der Waals surface area contributed by atoms with Crippen LogP contribution in [0.25, 0.3) is 0 Å². The molecule has 0 aromatic heterocycles. The molecule has 0 amide bonds. The summed E-state index contributed by atoms with van der Waals surface area (Å²) in [5.74, 6) is -1.43. The van der Waals surface area contributed by atoms with Gasteiger partial charge in [0.15, 0.2) is 12.2 Å². The van der Waals surface area contributed by atoms with Crippen molar-refractivity contribution < 1.29 is 28.6 Å². The summed E-state index contributed by atoms with van der Waals surface area (Å²) < 4.78 is 14.8. The van der Waals surface area contributed by atoms with E-state index in [0.29, 0.717) is 0 Å². The van der Waals surface area contributed by atoms with E-state index in [1.54, 1.807) is 6.92 Å².